The predicted molar refractivity (Wildman–Crippen MR) is 85.0 cm³/mol. The van der Waals surface area contributed by atoms with E-state index in [0.29, 0.717) is 0 Å². The molecule has 7 nitrogen and oxygen atoms in total. The van der Waals surface area contributed by atoms with Gasteiger partial charge in [0.05, 0.1) is 12.3 Å². The molecule has 2 amide bonds. The second-order valence-electron chi connectivity index (χ2n) is 5.02. The molecule has 0 fully saturated rings. The Hall–Kier alpha value is -3.09. The van der Waals surface area contributed by atoms with Crippen LogP contribution in [-0.2, 0) is 14.3 Å². The third kappa shape index (κ3) is 5.28. The zero-order valence-electron chi connectivity index (χ0n) is 13.2. The van der Waals surface area contributed by atoms with Crippen LogP contribution in [0.15, 0.2) is 53.1 Å². The van der Waals surface area contributed by atoms with Gasteiger partial charge in [0.15, 0.2) is 12.4 Å². The number of nitrogens with one attached hydrogen (secondary N) is 2. The van der Waals surface area contributed by atoms with Crippen LogP contribution in [0.3, 0.4) is 0 Å². The van der Waals surface area contributed by atoms with E-state index in [1.54, 1.807) is 6.07 Å². The molecule has 1 aromatic carbocycles. The number of ether oxygens (including phenoxy) is 1. The Morgan fingerprint density at radius 1 is 1.12 bits per heavy atom. The molecule has 0 saturated heterocycles. The molecule has 0 aliphatic heterocycles. The zero-order valence-corrected chi connectivity index (χ0v) is 13.2. The van der Waals surface area contributed by atoms with Crippen molar-refractivity contribution in [2.45, 2.75) is 13.0 Å². The van der Waals surface area contributed by atoms with Gasteiger partial charge in [0.2, 0.25) is 0 Å². The molecular weight excluding hydrogens is 312 g/mol. The molecule has 2 N–H and O–H groups in total. The summed E-state index contributed by atoms with van der Waals surface area (Å²) >= 11 is 0. The lowest BCUT2D eigenvalue weighted by Gasteiger charge is -2.14. The standard InChI is InChI=1S/C17H18N2O5/c1-12(13-6-3-2-4-7-13)19-15(20)11-24-16(21)10-18-17(22)14-8-5-9-23-14/h2-9,12H,10-11H2,1H3,(H,18,22)(H,19,20)/t12-/m1/s1. The maximum Gasteiger partial charge on any atom is 0.325 e. The molecule has 1 aromatic heterocycles. The van der Waals surface area contributed by atoms with E-state index in [-0.39, 0.29) is 18.3 Å². The molecule has 1 atom stereocenters. The van der Waals surface area contributed by atoms with Crippen molar-refractivity contribution in [3.8, 4) is 0 Å². The highest BCUT2D eigenvalue weighted by atomic mass is 16.5. The van der Waals surface area contributed by atoms with Gasteiger partial charge in [-0.05, 0) is 24.6 Å². The second kappa shape index (κ2) is 8.52. The molecule has 2 aromatic rings. The Bertz CT molecular complexity index is 682. The quantitative estimate of drug-likeness (QED) is 0.749. The van der Waals surface area contributed by atoms with Crippen LogP contribution < -0.4 is 10.6 Å². The van der Waals surface area contributed by atoms with E-state index in [4.69, 9.17) is 9.15 Å². The normalized spacial score (nSPS) is 11.4. The molecule has 0 spiro atoms. The minimum Gasteiger partial charge on any atom is -0.459 e. The van der Waals surface area contributed by atoms with Crippen LogP contribution >= 0.6 is 0 Å². The summed E-state index contributed by atoms with van der Waals surface area (Å²) in [5, 5.41) is 5.06. The molecule has 2 rings (SSSR count). The number of rotatable bonds is 7. The largest absolute Gasteiger partial charge is 0.459 e. The molecule has 7 heteroatoms. The molecule has 0 saturated carbocycles. The number of furan rings is 1. The minimum absolute atomic E-state index is 0.0947. The van der Waals surface area contributed by atoms with Crippen LogP contribution in [0.5, 0.6) is 0 Å². The average Bonchev–Trinajstić information content (AvgIpc) is 3.13. The molecular formula is C17H18N2O5. The van der Waals surface area contributed by atoms with Crippen molar-refractivity contribution in [3.05, 3.63) is 60.1 Å². The highest BCUT2D eigenvalue weighted by Gasteiger charge is 2.13. The van der Waals surface area contributed by atoms with Gasteiger partial charge in [0.25, 0.3) is 11.8 Å². The maximum atomic E-state index is 11.8. The van der Waals surface area contributed by atoms with E-state index in [9.17, 15) is 14.4 Å². The molecule has 0 aliphatic rings. The monoisotopic (exact) mass is 330 g/mol. The van der Waals surface area contributed by atoms with E-state index in [1.807, 2.05) is 37.3 Å². The van der Waals surface area contributed by atoms with Gasteiger partial charge >= 0.3 is 5.97 Å². The average molecular weight is 330 g/mol. The van der Waals surface area contributed by atoms with Crippen LogP contribution in [-0.4, -0.2) is 30.9 Å². The maximum absolute atomic E-state index is 11.8. The number of carbonyl (C=O) groups excluding carboxylic acids is 3. The Balaban J connectivity index is 1.67. The minimum atomic E-state index is -0.711. The highest BCUT2D eigenvalue weighted by Crippen LogP contribution is 2.10. The lowest BCUT2D eigenvalue weighted by atomic mass is 10.1. The van der Waals surface area contributed by atoms with Gasteiger partial charge in [-0.2, -0.15) is 0 Å². The van der Waals surface area contributed by atoms with Crippen LogP contribution in [0.1, 0.15) is 29.1 Å². The van der Waals surface area contributed by atoms with E-state index in [2.05, 4.69) is 10.6 Å². The van der Waals surface area contributed by atoms with Crippen LogP contribution in [0.4, 0.5) is 0 Å². The molecule has 1 heterocycles. The van der Waals surface area contributed by atoms with E-state index >= 15 is 0 Å². The van der Waals surface area contributed by atoms with E-state index < -0.39 is 24.4 Å². The summed E-state index contributed by atoms with van der Waals surface area (Å²) in [5.41, 5.74) is 0.947. The second-order valence-corrected chi connectivity index (χ2v) is 5.02. The Morgan fingerprint density at radius 2 is 1.88 bits per heavy atom. The number of amides is 2. The van der Waals surface area contributed by atoms with Gasteiger partial charge in [0, 0.05) is 0 Å². The first-order chi connectivity index (χ1) is 11.6. The highest BCUT2D eigenvalue weighted by molar-refractivity contribution is 5.93. The molecule has 0 radical (unpaired) electrons. The summed E-state index contributed by atoms with van der Waals surface area (Å²) in [4.78, 5) is 34.9. The smallest absolute Gasteiger partial charge is 0.325 e. The van der Waals surface area contributed by atoms with Crippen LogP contribution in [0.25, 0.3) is 0 Å². The first kappa shape index (κ1) is 17.3. The van der Waals surface area contributed by atoms with Crippen molar-refractivity contribution in [2.24, 2.45) is 0 Å². The van der Waals surface area contributed by atoms with Gasteiger partial charge in [-0.25, -0.2) is 0 Å². The lowest BCUT2D eigenvalue weighted by molar-refractivity contribution is -0.147. The lowest BCUT2D eigenvalue weighted by Crippen LogP contribution is -2.34. The number of hydrogen-bond acceptors (Lipinski definition) is 5. The SMILES string of the molecule is C[C@@H](NC(=O)COC(=O)CNC(=O)c1ccco1)c1ccccc1. The van der Waals surface area contributed by atoms with Crippen LogP contribution in [0.2, 0.25) is 0 Å². The number of esters is 1. The number of carbonyl (C=O) groups is 3. The molecule has 24 heavy (non-hydrogen) atoms. The first-order valence-corrected chi connectivity index (χ1v) is 7.38. The summed E-state index contributed by atoms with van der Waals surface area (Å²) in [6, 6.07) is 12.2. The molecule has 0 aliphatic carbocycles. The Labute approximate surface area is 139 Å². The van der Waals surface area contributed by atoms with Crippen molar-refractivity contribution in [3.63, 3.8) is 0 Å². The van der Waals surface area contributed by atoms with Gasteiger partial charge in [0.1, 0.15) is 6.54 Å². The van der Waals surface area contributed by atoms with Crippen molar-refractivity contribution < 1.29 is 23.5 Å². The van der Waals surface area contributed by atoms with Crippen molar-refractivity contribution in [1.82, 2.24) is 10.6 Å². The van der Waals surface area contributed by atoms with Crippen molar-refractivity contribution in [2.75, 3.05) is 13.2 Å². The van der Waals surface area contributed by atoms with Gasteiger partial charge in [-0.1, -0.05) is 30.3 Å². The summed E-state index contributed by atoms with van der Waals surface area (Å²) in [5.74, 6) is -1.56. The van der Waals surface area contributed by atoms with Gasteiger partial charge < -0.3 is 19.8 Å². The fourth-order valence-electron chi connectivity index (χ4n) is 1.95. The summed E-state index contributed by atoms with van der Waals surface area (Å²) in [7, 11) is 0. The molecule has 0 unspecified atom stereocenters. The summed E-state index contributed by atoms with van der Waals surface area (Å²) in [6.07, 6.45) is 1.35. The topological polar surface area (TPSA) is 97.6 Å². The third-order valence-corrected chi connectivity index (χ3v) is 3.18. The zero-order chi connectivity index (χ0) is 17.4. The van der Waals surface area contributed by atoms with Gasteiger partial charge in [-0.15, -0.1) is 0 Å². The molecule has 0 bridgehead atoms. The summed E-state index contributed by atoms with van der Waals surface area (Å²) < 4.78 is 9.70. The number of hydrogen-bond donors (Lipinski definition) is 2. The Morgan fingerprint density at radius 3 is 2.54 bits per heavy atom. The predicted octanol–water partition coefficient (Wildman–Crippen LogP) is 1.43. The van der Waals surface area contributed by atoms with E-state index in [0.717, 1.165) is 5.56 Å². The Kier molecular flexibility index (Phi) is 6.13. The van der Waals surface area contributed by atoms with Crippen LogP contribution in [0, 0.1) is 0 Å². The fourth-order valence-corrected chi connectivity index (χ4v) is 1.95. The first-order valence-electron chi connectivity index (χ1n) is 7.38. The molecule has 126 valence electrons. The summed E-state index contributed by atoms with van der Waals surface area (Å²) in [6.45, 7) is 1.08. The fraction of sp³-hybridized carbons (Fsp3) is 0.235. The van der Waals surface area contributed by atoms with E-state index in [1.165, 1.54) is 12.3 Å². The number of benzene rings is 1. The van der Waals surface area contributed by atoms with Crippen molar-refractivity contribution in [1.29, 1.82) is 0 Å². The van der Waals surface area contributed by atoms with Gasteiger partial charge in [-0.3, -0.25) is 14.4 Å². The third-order valence-electron chi connectivity index (χ3n) is 3.18. The van der Waals surface area contributed by atoms with Crippen molar-refractivity contribution >= 4 is 17.8 Å².